The number of rotatable bonds is 3. The van der Waals surface area contributed by atoms with Crippen molar-refractivity contribution in [2.45, 2.75) is 31.2 Å². The Morgan fingerprint density at radius 1 is 1.44 bits per heavy atom. The van der Waals surface area contributed by atoms with Gasteiger partial charge in [0.05, 0.1) is 5.02 Å². The first kappa shape index (κ1) is 13.6. The Labute approximate surface area is 113 Å². The van der Waals surface area contributed by atoms with Crippen molar-refractivity contribution in [2.24, 2.45) is 0 Å². The van der Waals surface area contributed by atoms with Gasteiger partial charge in [0, 0.05) is 12.6 Å². The van der Waals surface area contributed by atoms with Crippen molar-refractivity contribution in [2.75, 3.05) is 6.54 Å². The van der Waals surface area contributed by atoms with Gasteiger partial charge in [-0.05, 0) is 25.0 Å². The lowest BCUT2D eigenvalue weighted by atomic mass is 10.2. The fourth-order valence-electron chi connectivity index (χ4n) is 2.23. The van der Waals surface area contributed by atoms with E-state index < -0.39 is 10.0 Å². The molecule has 1 aromatic carbocycles. The van der Waals surface area contributed by atoms with Crippen LogP contribution < -0.4 is 0 Å². The zero-order valence-electron chi connectivity index (χ0n) is 10.4. The highest BCUT2D eigenvalue weighted by atomic mass is 35.5. The molecule has 1 heterocycles. The molecule has 3 nitrogen and oxygen atoms in total. The van der Waals surface area contributed by atoms with E-state index in [1.807, 2.05) is 19.1 Å². The molecule has 0 N–H and O–H groups in total. The van der Waals surface area contributed by atoms with Crippen LogP contribution in [0, 0.1) is 6.92 Å². The lowest BCUT2D eigenvalue weighted by molar-refractivity contribution is 0.402. The van der Waals surface area contributed by atoms with Crippen LogP contribution in [0.2, 0.25) is 5.02 Å². The number of sulfonamides is 1. The third-order valence-electron chi connectivity index (χ3n) is 3.16. The number of hydrogen-bond donors (Lipinski definition) is 0. The van der Waals surface area contributed by atoms with Crippen LogP contribution in [-0.2, 0) is 10.0 Å². The average Bonchev–Trinajstić information content (AvgIpc) is 2.77. The molecule has 0 radical (unpaired) electrons. The molecule has 0 amide bonds. The fraction of sp³-hybridized carbons (Fsp3) is 0.385. The highest BCUT2D eigenvalue weighted by Crippen LogP contribution is 2.31. The summed E-state index contributed by atoms with van der Waals surface area (Å²) in [6, 6.07) is 5.08. The molecule has 2 rings (SSSR count). The van der Waals surface area contributed by atoms with E-state index in [2.05, 4.69) is 0 Å². The van der Waals surface area contributed by atoms with Crippen molar-refractivity contribution in [3.63, 3.8) is 0 Å². The molecular weight excluding hydrogens is 270 g/mol. The molecule has 1 aromatic rings. The van der Waals surface area contributed by atoms with Crippen LogP contribution in [-0.4, -0.2) is 25.3 Å². The van der Waals surface area contributed by atoms with Gasteiger partial charge in [-0.25, -0.2) is 8.42 Å². The van der Waals surface area contributed by atoms with Gasteiger partial charge in [-0.1, -0.05) is 42.8 Å². The van der Waals surface area contributed by atoms with E-state index >= 15 is 0 Å². The summed E-state index contributed by atoms with van der Waals surface area (Å²) in [4.78, 5) is 0.230. The molecular formula is C13H16ClNO2S. The molecule has 0 aliphatic carbocycles. The summed E-state index contributed by atoms with van der Waals surface area (Å²) < 4.78 is 26.8. The summed E-state index contributed by atoms with van der Waals surface area (Å²) in [6.45, 7) is 4.16. The molecule has 1 aliphatic heterocycles. The molecule has 0 fully saturated rings. The number of halogens is 1. The van der Waals surface area contributed by atoms with Gasteiger partial charge in [0.25, 0.3) is 0 Å². The highest BCUT2D eigenvalue weighted by molar-refractivity contribution is 7.89. The largest absolute Gasteiger partial charge is 0.245 e. The molecule has 0 saturated heterocycles. The van der Waals surface area contributed by atoms with Crippen molar-refractivity contribution in [1.82, 2.24) is 4.31 Å². The summed E-state index contributed by atoms with van der Waals surface area (Å²) in [5, 5.41) is 0.289. The molecule has 0 aromatic heterocycles. The molecule has 1 unspecified atom stereocenters. The van der Waals surface area contributed by atoms with Gasteiger partial charge in [0.1, 0.15) is 4.90 Å². The molecule has 0 saturated carbocycles. The molecule has 5 heteroatoms. The lowest BCUT2D eigenvalue weighted by Crippen LogP contribution is -2.36. The van der Waals surface area contributed by atoms with Crippen molar-refractivity contribution in [3.8, 4) is 0 Å². The van der Waals surface area contributed by atoms with Gasteiger partial charge in [0.2, 0.25) is 10.0 Å². The van der Waals surface area contributed by atoms with Gasteiger partial charge < -0.3 is 0 Å². The quantitative estimate of drug-likeness (QED) is 0.801. The Morgan fingerprint density at radius 2 is 2.17 bits per heavy atom. The van der Waals surface area contributed by atoms with Crippen LogP contribution in [0.3, 0.4) is 0 Å². The molecule has 1 atom stereocenters. The Balaban J connectivity index is 2.49. The SMILES string of the molecule is CCC1C=CCN1S(=O)(=O)c1c(C)cccc1Cl. The van der Waals surface area contributed by atoms with Gasteiger partial charge in [-0.2, -0.15) is 4.31 Å². The maximum Gasteiger partial charge on any atom is 0.245 e. The van der Waals surface area contributed by atoms with Gasteiger partial charge >= 0.3 is 0 Å². The van der Waals surface area contributed by atoms with Crippen molar-refractivity contribution < 1.29 is 8.42 Å². The molecule has 1 aliphatic rings. The highest BCUT2D eigenvalue weighted by Gasteiger charge is 2.33. The summed E-state index contributed by atoms with van der Waals surface area (Å²) >= 11 is 6.06. The zero-order chi connectivity index (χ0) is 13.3. The standard InChI is InChI=1S/C13H16ClNO2S/c1-3-11-7-5-9-15(11)18(16,17)13-10(2)6-4-8-12(13)14/h4-8,11H,3,9H2,1-2H3. The normalized spacial score (nSPS) is 20.5. The summed E-state index contributed by atoms with van der Waals surface area (Å²) in [7, 11) is -3.52. The topological polar surface area (TPSA) is 37.4 Å². The van der Waals surface area contributed by atoms with E-state index in [0.717, 1.165) is 6.42 Å². The second-order valence-electron chi connectivity index (χ2n) is 4.36. The minimum Gasteiger partial charge on any atom is -0.207 e. The number of aryl methyl sites for hydroxylation is 1. The third-order valence-corrected chi connectivity index (χ3v) is 5.68. The smallest absolute Gasteiger partial charge is 0.207 e. The summed E-state index contributed by atoms with van der Waals surface area (Å²) in [6.07, 6.45) is 4.58. The van der Waals surface area contributed by atoms with Crippen LogP contribution in [0.25, 0.3) is 0 Å². The predicted octanol–water partition coefficient (Wildman–Crippen LogP) is 2.99. The summed E-state index contributed by atoms with van der Waals surface area (Å²) in [5.41, 5.74) is 0.684. The van der Waals surface area contributed by atoms with Gasteiger partial charge in [-0.3, -0.25) is 0 Å². The van der Waals surface area contributed by atoms with E-state index in [4.69, 9.17) is 11.6 Å². The minimum absolute atomic E-state index is 0.0642. The van der Waals surface area contributed by atoms with E-state index in [-0.39, 0.29) is 16.0 Å². The fourth-order valence-corrected chi connectivity index (χ4v) is 4.63. The Kier molecular flexibility index (Phi) is 3.80. The van der Waals surface area contributed by atoms with Crippen LogP contribution in [0.5, 0.6) is 0 Å². The van der Waals surface area contributed by atoms with Crippen molar-refractivity contribution >= 4 is 21.6 Å². The Morgan fingerprint density at radius 3 is 2.78 bits per heavy atom. The Bertz CT molecular complexity index is 560. The van der Waals surface area contributed by atoms with Crippen LogP contribution in [0.1, 0.15) is 18.9 Å². The molecule has 18 heavy (non-hydrogen) atoms. The number of nitrogens with zero attached hydrogens (tertiary/aromatic N) is 1. The van der Waals surface area contributed by atoms with Crippen LogP contribution in [0.15, 0.2) is 35.2 Å². The van der Waals surface area contributed by atoms with E-state index in [1.165, 1.54) is 4.31 Å². The first-order valence-corrected chi connectivity index (χ1v) is 7.74. The van der Waals surface area contributed by atoms with Crippen LogP contribution >= 0.6 is 11.6 Å². The third kappa shape index (κ3) is 2.20. The second kappa shape index (κ2) is 5.03. The van der Waals surface area contributed by atoms with Crippen molar-refractivity contribution in [1.29, 1.82) is 0 Å². The summed E-state index contributed by atoms with van der Waals surface area (Å²) in [5.74, 6) is 0. The number of benzene rings is 1. The second-order valence-corrected chi connectivity index (χ2v) is 6.60. The van der Waals surface area contributed by atoms with E-state index in [1.54, 1.807) is 25.1 Å². The first-order valence-electron chi connectivity index (χ1n) is 5.92. The average molecular weight is 286 g/mol. The van der Waals surface area contributed by atoms with E-state index in [9.17, 15) is 8.42 Å². The van der Waals surface area contributed by atoms with Gasteiger partial charge in [0.15, 0.2) is 0 Å². The van der Waals surface area contributed by atoms with Crippen molar-refractivity contribution in [3.05, 3.63) is 40.9 Å². The predicted molar refractivity (Wildman–Crippen MR) is 73.3 cm³/mol. The van der Waals surface area contributed by atoms with Crippen LogP contribution in [0.4, 0.5) is 0 Å². The first-order chi connectivity index (χ1) is 8.48. The number of hydrogen-bond acceptors (Lipinski definition) is 2. The minimum atomic E-state index is -3.52. The maximum absolute atomic E-state index is 12.6. The van der Waals surface area contributed by atoms with Gasteiger partial charge in [-0.15, -0.1) is 0 Å². The maximum atomic E-state index is 12.6. The molecule has 98 valence electrons. The van der Waals surface area contributed by atoms with E-state index in [0.29, 0.717) is 12.1 Å². The molecule has 0 spiro atoms. The zero-order valence-corrected chi connectivity index (χ0v) is 12.0. The monoisotopic (exact) mass is 285 g/mol. The molecule has 0 bridgehead atoms. The Hall–Kier alpha value is -0.840. The lowest BCUT2D eigenvalue weighted by Gasteiger charge is -2.24.